The number of rotatable bonds is 7. The summed E-state index contributed by atoms with van der Waals surface area (Å²) in [6.07, 6.45) is 10.9. The first kappa shape index (κ1) is 24.2. The highest BCUT2D eigenvalue weighted by Gasteiger charge is 2.36. The van der Waals surface area contributed by atoms with Crippen LogP contribution >= 0.6 is 0 Å². The van der Waals surface area contributed by atoms with Crippen molar-refractivity contribution in [2.75, 3.05) is 0 Å². The minimum Gasteiger partial charge on any atom is -0.322 e. The van der Waals surface area contributed by atoms with Gasteiger partial charge < -0.3 is 4.98 Å². The molecule has 2 aliphatic carbocycles. The Bertz CT molecular complexity index is 1220. The molecule has 2 aliphatic rings. The predicted molar refractivity (Wildman–Crippen MR) is 139 cm³/mol. The number of nitrogens with zero attached hydrogens (tertiary/aromatic N) is 5. The summed E-state index contributed by atoms with van der Waals surface area (Å²) in [6, 6.07) is 7.27. The first-order valence-corrected chi connectivity index (χ1v) is 13.6. The third-order valence-electron chi connectivity index (χ3n) is 8.23. The fraction of sp³-hybridized carbons (Fsp3) is 0.643. The summed E-state index contributed by atoms with van der Waals surface area (Å²) in [5.41, 5.74) is 4.14. The quantitative estimate of drug-likeness (QED) is 0.468. The van der Waals surface area contributed by atoms with E-state index in [0.717, 1.165) is 48.0 Å². The van der Waals surface area contributed by atoms with E-state index >= 15 is 0 Å². The predicted octanol–water partition coefficient (Wildman–Crippen LogP) is 5.78. The lowest BCUT2D eigenvalue weighted by molar-refractivity contribution is 0.0815. The van der Waals surface area contributed by atoms with Gasteiger partial charge in [0.25, 0.3) is 5.56 Å². The zero-order valence-corrected chi connectivity index (χ0v) is 21.8. The second-order valence-corrected chi connectivity index (χ2v) is 11.2. The van der Waals surface area contributed by atoms with E-state index < -0.39 is 0 Å². The van der Waals surface area contributed by atoms with Crippen LogP contribution in [0, 0.1) is 19.8 Å². The van der Waals surface area contributed by atoms with Crippen LogP contribution in [0.4, 0.5) is 0 Å². The molecule has 1 aromatic carbocycles. The molecule has 0 amide bonds. The monoisotopic (exact) mass is 476 g/mol. The number of hydrogen-bond acceptors (Lipinski definition) is 5. The van der Waals surface area contributed by atoms with Gasteiger partial charge in [0.1, 0.15) is 0 Å². The average molecular weight is 477 g/mol. The highest BCUT2D eigenvalue weighted by atomic mass is 16.1. The molecule has 5 rings (SSSR count). The largest absolute Gasteiger partial charge is 0.322 e. The summed E-state index contributed by atoms with van der Waals surface area (Å²) < 4.78 is 2.13. The van der Waals surface area contributed by atoms with Crippen LogP contribution in [-0.2, 0) is 6.54 Å². The first-order chi connectivity index (χ1) is 16.9. The van der Waals surface area contributed by atoms with Crippen LogP contribution < -0.4 is 5.56 Å². The van der Waals surface area contributed by atoms with Gasteiger partial charge in [0.15, 0.2) is 5.82 Å². The summed E-state index contributed by atoms with van der Waals surface area (Å²) in [5, 5.41) is 14.4. The standard InChI is InChI=1S/C28H40N6O/c1-18(2)26(27-30-31-32-34(27)23-12-6-5-7-13-23)33(22-10-8-9-11-22)17-21-16-24-20(4)14-19(3)15-25(24)29-28(21)35/h14-16,18,22-23,26H,5-13,17H2,1-4H3,(H,29,35)/t26-/m0/s1. The summed E-state index contributed by atoms with van der Waals surface area (Å²) in [5.74, 6) is 1.30. The Balaban J connectivity index is 1.55. The van der Waals surface area contributed by atoms with Crippen molar-refractivity contribution in [1.29, 1.82) is 0 Å². The number of benzene rings is 1. The topological polar surface area (TPSA) is 79.7 Å². The number of aryl methyl sites for hydroxylation is 2. The van der Waals surface area contributed by atoms with Crippen molar-refractivity contribution in [1.82, 2.24) is 30.1 Å². The van der Waals surface area contributed by atoms with Gasteiger partial charge in [-0.1, -0.05) is 52.0 Å². The Kier molecular flexibility index (Phi) is 7.05. The maximum atomic E-state index is 13.3. The van der Waals surface area contributed by atoms with Gasteiger partial charge in [-0.05, 0) is 79.1 Å². The summed E-state index contributed by atoms with van der Waals surface area (Å²) in [4.78, 5) is 19.0. The smallest absolute Gasteiger partial charge is 0.252 e. The van der Waals surface area contributed by atoms with Crippen molar-refractivity contribution in [3.8, 4) is 0 Å². The van der Waals surface area contributed by atoms with Gasteiger partial charge in [0.05, 0.1) is 12.1 Å². The third kappa shape index (κ3) is 4.92. The fourth-order valence-electron chi connectivity index (χ4n) is 6.53. The van der Waals surface area contributed by atoms with Crippen LogP contribution in [0.1, 0.15) is 106 Å². The van der Waals surface area contributed by atoms with E-state index in [4.69, 9.17) is 0 Å². The zero-order chi connectivity index (χ0) is 24.5. The van der Waals surface area contributed by atoms with Gasteiger partial charge in [-0.2, -0.15) is 0 Å². The zero-order valence-electron chi connectivity index (χ0n) is 21.8. The molecular weight excluding hydrogens is 436 g/mol. The van der Waals surface area contributed by atoms with E-state index in [2.05, 4.69) is 76.0 Å². The SMILES string of the molecule is Cc1cc(C)c2cc(CN(C3CCCC3)[C@H](c3nnnn3C3CCCCC3)C(C)C)c(=O)[nH]c2c1. The van der Waals surface area contributed by atoms with E-state index in [-0.39, 0.29) is 11.6 Å². The van der Waals surface area contributed by atoms with Crippen LogP contribution in [0.5, 0.6) is 0 Å². The number of aromatic nitrogens is 5. The van der Waals surface area contributed by atoms with E-state index in [1.807, 2.05) is 0 Å². The lowest BCUT2D eigenvalue weighted by Gasteiger charge is -2.38. The summed E-state index contributed by atoms with van der Waals surface area (Å²) >= 11 is 0. The number of fused-ring (bicyclic) bond motifs is 1. The molecular formula is C28H40N6O. The molecule has 35 heavy (non-hydrogen) atoms. The van der Waals surface area contributed by atoms with Gasteiger partial charge in [0.2, 0.25) is 0 Å². The van der Waals surface area contributed by atoms with E-state index in [9.17, 15) is 4.79 Å². The molecule has 2 saturated carbocycles. The minimum absolute atomic E-state index is 0.0138. The highest BCUT2D eigenvalue weighted by Crippen LogP contribution is 2.38. The van der Waals surface area contributed by atoms with Crippen molar-refractivity contribution in [2.24, 2.45) is 5.92 Å². The molecule has 2 fully saturated rings. The second-order valence-electron chi connectivity index (χ2n) is 11.2. The molecule has 0 aliphatic heterocycles. The lowest BCUT2D eigenvalue weighted by Crippen LogP contribution is -2.41. The van der Waals surface area contributed by atoms with Crippen molar-refractivity contribution < 1.29 is 0 Å². The van der Waals surface area contributed by atoms with Gasteiger partial charge in [-0.3, -0.25) is 9.69 Å². The number of H-pyrrole nitrogens is 1. The molecule has 1 N–H and O–H groups in total. The molecule has 2 aromatic heterocycles. The molecule has 0 bridgehead atoms. The van der Waals surface area contributed by atoms with Gasteiger partial charge in [-0.15, -0.1) is 5.10 Å². The maximum absolute atomic E-state index is 13.3. The Morgan fingerprint density at radius 2 is 1.74 bits per heavy atom. The molecule has 7 heteroatoms. The van der Waals surface area contributed by atoms with Crippen LogP contribution in [0.15, 0.2) is 23.0 Å². The number of hydrogen-bond donors (Lipinski definition) is 1. The van der Waals surface area contributed by atoms with Crippen LogP contribution in [0.25, 0.3) is 10.9 Å². The van der Waals surface area contributed by atoms with E-state index in [1.165, 1.54) is 43.2 Å². The first-order valence-electron chi connectivity index (χ1n) is 13.6. The average Bonchev–Trinajstić information content (AvgIpc) is 3.52. The molecule has 2 heterocycles. The van der Waals surface area contributed by atoms with E-state index in [0.29, 0.717) is 24.5 Å². The Labute approximate surface area is 208 Å². The van der Waals surface area contributed by atoms with Gasteiger partial charge in [-0.25, -0.2) is 4.68 Å². The lowest BCUT2D eigenvalue weighted by atomic mass is 9.94. The molecule has 0 unspecified atom stereocenters. The Morgan fingerprint density at radius 1 is 1.03 bits per heavy atom. The Hall–Kier alpha value is -2.54. The second kappa shape index (κ2) is 10.2. The molecule has 0 spiro atoms. The highest BCUT2D eigenvalue weighted by molar-refractivity contribution is 5.83. The molecule has 0 saturated heterocycles. The molecule has 0 radical (unpaired) electrons. The normalized spacial score (nSPS) is 18.8. The van der Waals surface area contributed by atoms with Crippen LogP contribution in [-0.4, -0.2) is 36.1 Å². The fourth-order valence-corrected chi connectivity index (χ4v) is 6.53. The summed E-state index contributed by atoms with van der Waals surface area (Å²) in [6.45, 7) is 9.35. The number of nitrogens with one attached hydrogen (secondary N) is 1. The van der Waals surface area contributed by atoms with Crippen molar-refractivity contribution in [3.05, 3.63) is 51.1 Å². The molecule has 7 nitrogen and oxygen atoms in total. The number of aromatic amines is 1. The van der Waals surface area contributed by atoms with Crippen LogP contribution in [0.3, 0.4) is 0 Å². The van der Waals surface area contributed by atoms with Gasteiger partial charge in [0, 0.05) is 29.1 Å². The molecule has 188 valence electrons. The number of pyridine rings is 1. The van der Waals surface area contributed by atoms with Crippen molar-refractivity contribution in [2.45, 2.75) is 110 Å². The van der Waals surface area contributed by atoms with Crippen molar-refractivity contribution >= 4 is 10.9 Å². The van der Waals surface area contributed by atoms with Crippen molar-refractivity contribution in [3.63, 3.8) is 0 Å². The minimum atomic E-state index is 0.0138. The molecule has 1 atom stereocenters. The molecule has 3 aromatic rings. The summed E-state index contributed by atoms with van der Waals surface area (Å²) in [7, 11) is 0. The number of tetrazole rings is 1. The maximum Gasteiger partial charge on any atom is 0.252 e. The van der Waals surface area contributed by atoms with E-state index in [1.54, 1.807) is 0 Å². The van der Waals surface area contributed by atoms with Crippen LogP contribution in [0.2, 0.25) is 0 Å². The Morgan fingerprint density at radius 3 is 2.46 bits per heavy atom. The van der Waals surface area contributed by atoms with Gasteiger partial charge >= 0.3 is 0 Å². The third-order valence-corrected chi connectivity index (χ3v) is 8.23.